The molecule has 4 aromatic heterocycles. The van der Waals surface area contributed by atoms with Crippen LogP contribution in [0.25, 0.3) is 44.2 Å². The molecule has 0 spiro atoms. The number of nitrogens with zero attached hydrogens (tertiary/aromatic N) is 3. The SMILES string of the molecule is COc1cc2c(cc1-c1c(C)noc1C)[nH]c1ccnc(-c3c[nH]nc3C(C)C)c12. The number of fused-ring (bicyclic) bond motifs is 3. The number of aryl methyl sites for hydroxylation is 2. The molecule has 152 valence electrons. The van der Waals surface area contributed by atoms with E-state index >= 15 is 0 Å². The Morgan fingerprint density at radius 2 is 1.93 bits per heavy atom. The fourth-order valence-corrected chi connectivity index (χ4v) is 4.24. The zero-order valence-corrected chi connectivity index (χ0v) is 17.6. The van der Waals surface area contributed by atoms with E-state index in [1.54, 1.807) is 7.11 Å². The summed E-state index contributed by atoms with van der Waals surface area (Å²) in [4.78, 5) is 8.27. The first-order chi connectivity index (χ1) is 14.5. The van der Waals surface area contributed by atoms with Crippen molar-refractivity contribution in [1.82, 2.24) is 25.3 Å². The molecule has 0 aliphatic rings. The number of ether oxygens (including phenoxy) is 1. The highest BCUT2D eigenvalue weighted by Gasteiger charge is 2.21. The van der Waals surface area contributed by atoms with Gasteiger partial charge in [-0.3, -0.25) is 10.1 Å². The Kier molecular flexibility index (Phi) is 4.13. The van der Waals surface area contributed by atoms with E-state index in [-0.39, 0.29) is 5.92 Å². The summed E-state index contributed by atoms with van der Waals surface area (Å²) in [7, 11) is 1.68. The molecule has 7 heteroatoms. The van der Waals surface area contributed by atoms with Crippen LogP contribution >= 0.6 is 0 Å². The largest absolute Gasteiger partial charge is 0.496 e. The molecule has 2 N–H and O–H groups in total. The molecule has 7 nitrogen and oxygen atoms in total. The number of aromatic nitrogens is 5. The Bertz CT molecular complexity index is 1370. The van der Waals surface area contributed by atoms with Gasteiger partial charge >= 0.3 is 0 Å². The number of hydrogen-bond donors (Lipinski definition) is 2. The van der Waals surface area contributed by atoms with E-state index in [2.05, 4.69) is 46.3 Å². The van der Waals surface area contributed by atoms with Crippen LogP contribution in [-0.2, 0) is 0 Å². The van der Waals surface area contributed by atoms with Crippen molar-refractivity contribution in [3.8, 4) is 28.1 Å². The Hall–Kier alpha value is -3.61. The molecule has 0 bridgehead atoms. The third-order valence-corrected chi connectivity index (χ3v) is 5.60. The molecule has 5 rings (SSSR count). The van der Waals surface area contributed by atoms with Crippen molar-refractivity contribution >= 4 is 21.8 Å². The number of hydrogen-bond acceptors (Lipinski definition) is 5. The van der Waals surface area contributed by atoms with Gasteiger partial charge in [0, 0.05) is 39.8 Å². The van der Waals surface area contributed by atoms with E-state index in [1.807, 2.05) is 32.3 Å². The molecule has 0 fully saturated rings. The maximum Gasteiger partial charge on any atom is 0.141 e. The average molecular weight is 401 g/mol. The Morgan fingerprint density at radius 3 is 2.63 bits per heavy atom. The van der Waals surface area contributed by atoms with Crippen molar-refractivity contribution in [2.75, 3.05) is 7.11 Å². The van der Waals surface area contributed by atoms with Crippen LogP contribution in [-0.4, -0.2) is 32.4 Å². The zero-order chi connectivity index (χ0) is 21.0. The Balaban J connectivity index is 1.83. The molecular formula is C23H23N5O2. The summed E-state index contributed by atoms with van der Waals surface area (Å²) in [6.45, 7) is 8.12. The van der Waals surface area contributed by atoms with Crippen LogP contribution in [0.5, 0.6) is 5.75 Å². The van der Waals surface area contributed by atoms with Crippen molar-refractivity contribution in [1.29, 1.82) is 0 Å². The Morgan fingerprint density at radius 1 is 1.10 bits per heavy atom. The molecule has 0 atom stereocenters. The minimum absolute atomic E-state index is 0.286. The van der Waals surface area contributed by atoms with Crippen LogP contribution in [0.3, 0.4) is 0 Å². The molecule has 0 saturated heterocycles. The first-order valence-electron chi connectivity index (χ1n) is 9.95. The third-order valence-electron chi connectivity index (χ3n) is 5.60. The second-order valence-electron chi connectivity index (χ2n) is 7.84. The number of nitrogens with one attached hydrogen (secondary N) is 2. The summed E-state index contributed by atoms with van der Waals surface area (Å²) >= 11 is 0. The second kappa shape index (κ2) is 6.73. The zero-order valence-electron chi connectivity index (χ0n) is 17.6. The van der Waals surface area contributed by atoms with Gasteiger partial charge in [0.05, 0.1) is 35.3 Å². The molecule has 0 aliphatic carbocycles. The van der Waals surface area contributed by atoms with Crippen molar-refractivity contribution in [2.24, 2.45) is 0 Å². The molecule has 0 unspecified atom stereocenters. The van der Waals surface area contributed by atoms with Crippen molar-refractivity contribution in [3.05, 3.63) is 47.7 Å². The first-order valence-corrected chi connectivity index (χ1v) is 9.95. The molecule has 4 heterocycles. The van der Waals surface area contributed by atoms with Crippen LogP contribution in [0.15, 0.2) is 35.1 Å². The lowest BCUT2D eigenvalue weighted by Crippen LogP contribution is -1.93. The van der Waals surface area contributed by atoms with E-state index in [1.165, 1.54) is 0 Å². The highest BCUT2D eigenvalue weighted by Crippen LogP contribution is 2.42. The molecule has 0 amide bonds. The van der Waals surface area contributed by atoms with Crippen molar-refractivity contribution in [2.45, 2.75) is 33.6 Å². The number of benzene rings is 1. The van der Waals surface area contributed by atoms with Gasteiger partial charge in [0.1, 0.15) is 11.5 Å². The summed E-state index contributed by atoms with van der Waals surface area (Å²) in [6.07, 6.45) is 3.75. The summed E-state index contributed by atoms with van der Waals surface area (Å²) in [5.74, 6) is 1.82. The van der Waals surface area contributed by atoms with Crippen LogP contribution < -0.4 is 4.74 Å². The highest BCUT2D eigenvalue weighted by molar-refractivity contribution is 6.14. The second-order valence-corrected chi connectivity index (χ2v) is 7.84. The normalized spacial score (nSPS) is 11.8. The monoisotopic (exact) mass is 401 g/mol. The smallest absolute Gasteiger partial charge is 0.141 e. The van der Waals surface area contributed by atoms with Gasteiger partial charge in [0.25, 0.3) is 0 Å². The number of methoxy groups -OCH3 is 1. The van der Waals surface area contributed by atoms with E-state index in [4.69, 9.17) is 14.2 Å². The summed E-state index contributed by atoms with van der Waals surface area (Å²) in [5, 5.41) is 13.7. The maximum atomic E-state index is 5.78. The molecule has 0 aliphatic heterocycles. The minimum Gasteiger partial charge on any atom is -0.496 e. The van der Waals surface area contributed by atoms with Gasteiger partial charge in [-0.1, -0.05) is 19.0 Å². The molecule has 0 saturated carbocycles. The highest BCUT2D eigenvalue weighted by atomic mass is 16.5. The van der Waals surface area contributed by atoms with E-state index in [9.17, 15) is 0 Å². The lowest BCUT2D eigenvalue weighted by atomic mass is 9.98. The fraction of sp³-hybridized carbons (Fsp3) is 0.261. The Labute approximate surface area is 173 Å². The average Bonchev–Trinajstić information content (AvgIpc) is 3.43. The van der Waals surface area contributed by atoms with Gasteiger partial charge in [-0.2, -0.15) is 5.10 Å². The molecular weight excluding hydrogens is 378 g/mol. The first kappa shape index (κ1) is 18.4. The summed E-state index contributed by atoms with van der Waals surface area (Å²) < 4.78 is 11.2. The summed E-state index contributed by atoms with van der Waals surface area (Å²) in [5.41, 5.74) is 7.70. The summed E-state index contributed by atoms with van der Waals surface area (Å²) in [6, 6.07) is 6.16. The molecule has 0 radical (unpaired) electrons. The van der Waals surface area contributed by atoms with Crippen LogP contribution in [0.4, 0.5) is 0 Å². The van der Waals surface area contributed by atoms with Crippen molar-refractivity contribution < 1.29 is 9.26 Å². The number of rotatable bonds is 4. The lowest BCUT2D eigenvalue weighted by Gasteiger charge is -2.10. The molecule has 5 aromatic rings. The lowest BCUT2D eigenvalue weighted by molar-refractivity contribution is 0.393. The number of H-pyrrole nitrogens is 2. The van der Waals surface area contributed by atoms with Crippen LogP contribution in [0.2, 0.25) is 0 Å². The minimum atomic E-state index is 0.286. The van der Waals surface area contributed by atoms with E-state index in [0.717, 1.165) is 67.1 Å². The van der Waals surface area contributed by atoms with Gasteiger partial charge in [0.2, 0.25) is 0 Å². The van der Waals surface area contributed by atoms with Crippen molar-refractivity contribution in [3.63, 3.8) is 0 Å². The van der Waals surface area contributed by atoms with Gasteiger partial charge < -0.3 is 14.2 Å². The predicted molar refractivity (Wildman–Crippen MR) is 117 cm³/mol. The molecule has 30 heavy (non-hydrogen) atoms. The quantitative estimate of drug-likeness (QED) is 0.414. The van der Waals surface area contributed by atoms with Gasteiger partial charge in [0.15, 0.2) is 0 Å². The van der Waals surface area contributed by atoms with Gasteiger partial charge in [-0.05, 0) is 38.0 Å². The molecule has 1 aromatic carbocycles. The third kappa shape index (κ3) is 2.62. The standard InChI is InChI=1S/C23H23N5O2/c1-11(2)22-16(10-25-27-22)23-21-14-9-19(29-5)15(20-12(3)28-30-13(20)4)8-18(14)26-17(21)6-7-24-23/h6-11,26H,1-5H3,(H,25,27). The predicted octanol–water partition coefficient (Wildman–Crippen LogP) is 5.51. The topological polar surface area (TPSA) is 92.6 Å². The maximum absolute atomic E-state index is 5.78. The van der Waals surface area contributed by atoms with Crippen LogP contribution in [0, 0.1) is 13.8 Å². The number of pyridine rings is 1. The van der Waals surface area contributed by atoms with Gasteiger partial charge in [-0.25, -0.2) is 0 Å². The van der Waals surface area contributed by atoms with E-state index < -0.39 is 0 Å². The van der Waals surface area contributed by atoms with Gasteiger partial charge in [-0.15, -0.1) is 0 Å². The fourth-order valence-electron chi connectivity index (χ4n) is 4.24. The number of aromatic amines is 2. The van der Waals surface area contributed by atoms with E-state index in [0.29, 0.717) is 0 Å². The van der Waals surface area contributed by atoms with Crippen LogP contribution in [0.1, 0.15) is 36.9 Å².